The molecule has 2 heteroatoms. The van der Waals surface area contributed by atoms with E-state index >= 15 is 0 Å². The van der Waals surface area contributed by atoms with Gasteiger partial charge in [0.2, 0.25) is 0 Å². The largest absolute Gasteiger partial charge is 0.312 e. The maximum atomic E-state index is 4.86. The van der Waals surface area contributed by atoms with E-state index in [1.54, 1.807) is 0 Å². The van der Waals surface area contributed by atoms with Crippen LogP contribution in [-0.4, -0.2) is 11.5 Å². The van der Waals surface area contributed by atoms with E-state index in [0.29, 0.717) is 0 Å². The van der Waals surface area contributed by atoms with Crippen LogP contribution in [0.2, 0.25) is 0 Å². The van der Waals surface area contributed by atoms with Gasteiger partial charge < -0.3 is 5.32 Å². The molecule has 0 atom stereocenters. The van der Waals surface area contributed by atoms with Gasteiger partial charge in [-0.1, -0.05) is 48.5 Å². The number of rotatable bonds is 1. The topological polar surface area (TPSA) is 24.9 Å². The van der Waals surface area contributed by atoms with Crippen LogP contribution in [0.4, 0.5) is 0 Å². The number of hydrogen-bond acceptors (Lipinski definition) is 2. The first-order chi connectivity index (χ1) is 9.93. The van der Waals surface area contributed by atoms with Gasteiger partial charge in [0.05, 0.1) is 5.52 Å². The van der Waals surface area contributed by atoms with E-state index in [1.165, 1.54) is 27.8 Å². The van der Waals surface area contributed by atoms with Crippen LogP contribution < -0.4 is 5.32 Å². The maximum absolute atomic E-state index is 4.86. The molecule has 3 aromatic rings. The van der Waals surface area contributed by atoms with Crippen molar-refractivity contribution in [2.75, 3.05) is 6.54 Å². The van der Waals surface area contributed by atoms with Gasteiger partial charge in [-0.15, -0.1) is 0 Å². The molecule has 20 heavy (non-hydrogen) atoms. The van der Waals surface area contributed by atoms with Crippen molar-refractivity contribution in [1.29, 1.82) is 0 Å². The van der Waals surface area contributed by atoms with E-state index in [9.17, 15) is 0 Å². The summed E-state index contributed by atoms with van der Waals surface area (Å²) in [7, 11) is 0. The van der Waals surface area contributed by atoms with Crippen molar-refractivity contribution in [3.05, 3.63) is 65.9 Å². The minimum atomic E-state index is 0.914. The Balaban J connectivity index is 2.10. The molecule has 1 N–H and O–H groups in total. The van der Waals surface area contributed by atoms with Gasteiger partial charge in [-0.3, -0.25) is 4.98 Å². The first kappa shape index (κ1) is 11.6. The molecule has 0 unspecified atom stereocenters. The summed E-state index contributed by atoms with van der Waals surface area (Å²) in [4.78, 5) is 4.86. The predicted molar refractivity (Wildman–Crippen MR) is 82.6 cm³/mol. The van der Waals surface area contributed by atoms with Crippen LogP contribution in [0.5, 0.6) is 0 Å². The van der Waals surface area contributed by atoms with E-state index in [1.807, 2.05) is 0 Å². The van der Waals surface area contributed by atoms with Gasteiger partial charge >= 0.3 is 0 Å². The van der Waals surface area contributed by atoms with Crippen molar-refractivity contribution < 1.29 is 0 Å². The van der Waals surface area contributed by atoms with Crippen molar-refractivity contribution in [2.45, 2.75) is 13.0 Å². The fourth-order valence-electron chi connectivity index (χ4n) is 3.05. The van der Waals surface area contributed by atoms with Crippen molar-refractivity contribution in [3.63, 3.8) is 0 Å². The molecule has 0 spiro atoms. The molecule has 1 aliphatic heterocycles. The minimum absolute atomic E-state index is 0.914. The number of hydrogen-bond donors (Lipinski definition) is 1. The van der Waals surface area contributed by atoms with Crippen LogP contribution in [-0.2, 0) is 13.0 Å². The van der Waals surface area contributed by atoms with Gasteiger partial charge in [0.15, 0.2) is 0 Å². The fraction of sp³-hybridized carbons (Fsp3) is 0.167. The highest BCUT2D eigenvalue weighted by Crippen LogP contribution is 2.34. The zero-order chi connectivity index (χ0) is 13.4. The van der Waals surface area contributed by atoms with Gasteiger partial charge in [0, 0.05) is 30.6 Å². The van der Waals surface area contributed by atoms with Crippen LogP contribution in [0.25, 0.3) is 22.0 Å². The number of fused-ring (bicyclic) bond motifs is 2. The fourth-order valence-corrected chi connectivity index (χ4v) is 3.05. The van der Waals surface area contributed by atoms with Crippen molar-refractivity contribution in [3.8, 4) is 11.1 Å². The quantitative estimate of drug-likeness (QED) is 0.724. The summed E-state index contributed by atoms with van der Waals surface area (Å²) in [6, 6.07) is 19.1. The zero-order valence-corrected chi connectivity index (χ0v) is 11.3. The number of nitrogens with zero attached hydrogens (tertiary/aromatic N) is 1. The second-order valence-corrected chi connectivity index (χ2v) is 5.22. The highest BCUT2D eigenvalue weighted by molar-refractivity contribution is 5.96. The van der Waals surface area contributed by atoms with Crippen molar-refractivity contribution in [1.82, 2.24) is 10.3 Å². The highest BCUT2D eigenvalue weighted by Gasteiger charge is 2.18. The molecule has 4 rings (SSSR count). The summed E-state index contributed by atoms with van der Waals surface area (Å²) in [6.45, 7) is 1.93. The molecule has 0 fully saturated rings. The van der Waals surface area contributed by atoms with E-state index < -0.39 is 0 Å². The van der Waals surface area contributed by atoms with Crippen LogP contribution >= 0.6 is 0 Å². The lowest BCUT2D eigenvalue weighted by molar-refractivity contribution is 0.634. The lowest BCUT2D eigenvalue weighted by atomic mass is 9.92. The summed E-state index contributed by atoms with van der Waals surface area (Å²) in [6.07, 6.45) is 1.01. The molecule has 98 valence electrons. The Hall–Kier alpha value is -2.19. The number of para-hydroxylation sites is 1. The first-order valence-corrected chi connectivity index (χ1v) is 7.10. The number of pyridine rings is 1. The SMILES string of the molecule is c1ccc(-c2c3c(nc4ccccc24)CCNC3)cc1. The zero-order valence-electron chi connectivity index (χ0n) is 11.3. The normalized spacial score (nSPS) is 14.2. The Labute approximate surface area is 118 Å². The average Bonchev–Trinajstić information content (AvgIpc) is 2.53. The molecule has 0 saturated heterocycles. The Morgan fingerprint density at radius 3 is 2.60 bits per heavy atom. The van der Waals surface area contributed by atoms with Crippen LogP contribution in [0, 0.1) is 0 Å². The second kappa shape index (κ2) is 4.73. The van der Waals surface area contributed by atoms with E-state index in [4.69, 9.17) is 4.98 Å². The van der Waals surface area contributed by atoms with Crippen LogP contribution in [0.3, 0.4) is 0 Å². The molecular weight excluding hydrogens is 244 g/mol. The molecule has 1 aromatic heterocycles. The summed E-state index contributed by atoms with van der Waals surface area (Å²) in [5, 5.41) is 4.73. The standard InChI is InChI=1S/C18H16N2/c1-2-6-13(7-3-1)18-14-8-4-5-9-16(14)20-17-10-11-19-12-15(17)18/h1-9,19H,10-12H2. The van der Waals surface area contributed by atoms with Gasteiger partial charge in [0.1, 0.15) is 0 Å². The second-order valence-electron chi connectivity index (χ2n) is 5.22. The van der Waals surface area contributed by atoms with Gasteiger partial charge in [-0.25, -0.2) is 0 Å². The Kier molecular flexibility index (Phi) is 2.75. The van der Waals surface area contributed by atoms with E-state index in [0.717, 1.165) is 25.0 Å². The van der Waals surface area contributed by atoms with Crippen LogP contribution in [0.1, 0.15) is 11.3 Å². The first-order valence-electron chi connectivity index (χ1n) is 7.10. The molecule has 2 heterocycles. The molecule has 0 saturated carbocycles. The lowest BCUT2D eigenvalue weighted by Crippen LogP contribution is -2.25. The van der Waals surface area contributed by atoms with E-state index in [2.05, 4.69) is 59.9 Å². The number of benzene rings is 2. The summed E-state index contributed by atoms with van der Waals surface area (Å²) >= 11 is 0. The average molecular weight is 260 g/mol. The van der Waals surface area contributed by atoms with E-state index in [-0.39, 0.29) is 0 Å². The molecule has 0 radical (unpaired) electrons. The molecule has 2 nitrogen and oxygen atoms in total. The van der Waals surface area contributed by atoms with Crippen molar-refractivity contribution in [2.24, 2.45) is 0 Å². The third kappa shape index (κ3) is 1.81. The van der Waals surface area contributed by atoms with Crippen LogP contribution in [0.15, 0.2) is 54.6 Å². The summed E-state index contributed by atoms with van der Waals surface area (Å²) in [5.74, 6) is 0. The van der Waals surface area contributed by atoms with Gasteiger partial charge in [0.25, 0.3) is 0 Å². The molecule has 0 bridgehead atoms. The Morgan fingerprint density at radius 1 is 0.900 bits per heavy atom. The highest BCUT2D eigenvalue weighted by atomic mass is 14.9. The maximum Gasteiger partial charge on any atom is 0.0711 e. The molecule has 0 aliphatic carbocycles. The third-order valence-electron chi connectivity index (χ3n) is 3.98. The minimum Gasteiger partial charge on any atom is -0.312 e. The Morgan fingerprint density at radius 2 is 1.70 bits per heavy atom. The molecule has 0 amide bonds. The molecule has 2 aromatic carbocycles. The lowest BCUT2D eigenvalue weighted by Gasteiger charge is -2.21. The Bertz CT molecular complexity index is 763. The molecule has 1 aliphatic rings. The monoisotopic (exact) mass is 260 g/mol. The summed E-state index contributed by atoms with van der Waals surface area (Å²) in [5.41, 5.74) is 6.35. The van der Waals surface area contributed by atoms with Gasteiger partial charge in [-0.2, -0.15) is 0 Å². The number of aromatic nitrogens is 1. The smallest absolute Gasteiger partial charge is 0.0711 e. The molecular formula is C18H16N2. The number of nitrogens with one attached hydrogen (secondary N) is 1. The predicted octanol–water partition coefficient (Wildman–Crippen LogP) is 3.55. The summed E-state index contributed by atoms with van der Waals surface area (Å²) < 4.78 is 0. The van der Waals surface area contributed by atoms with Crippen molar-refractivity contribution >= 4 is 10.9 Å². The third-order valence-corrected chi connectivity index (χ3v) is 3.98. The van der Waals surface area contributed by atoms with Gasteiger partial charge in [-0.05, 0) is 22.8 Å².